The molecule has 0 spiro atoms. The summed E-state index contributed by atoms with van der Waals surface area (Å²) in [6.45, 7) is 26.3. The number of fused-ring (bicyclic) bond motifs is 8. The van der Waals surface area contributed by atoms with E-state index in [1.54, 1.807) is 0 Å². The maximum Gasteiger partial charge on any atom is 0.252 e. The van der Waals surface area contributed by atoms with Gasteiger partial charge in [-0.3, -0.25) is 4.98 Å². The molecule has 0 radical (unpaired) electrons. The zero-order valence-corrected chi connectivity index (χ0v) is 45.6. The fourth-order valence-electron chi connectivity index (χ4n) is 14.3. The highest BCUT2D eigenvalue weighted by molar-refractivity contribution is 7.00. The molecule has 2 aliphatic carbocycles. The Kier molecular flexibility index (Phi) is 10.3. The molecular formula is C69H71BN4. The van der Waals surface area contributed by atoms with E-state index in [4.69, 9.17) is 4.98 Å². The smallest absolute Gasteiger partial charge is 0.252 e. The van der Waals surface area contributed by atoms with Crippen molar-refractivity contribution in [3.63, 3.8) is 0 Å². The number of rotatable bonds is 5. The van der Waals surface area contributed by atoms with Crippen LogP contribution in [0.2, 0.25) is 0 Å². The van der Waals surface area contributed by atoms with E-state index in [9.17, 15) is 0 Å². The molecule has 74 heavy (non-hydrogen) atoms. The quantitative estimate of drug-likeness (QED) is 0.160. The maximum absolute atomic E-state index is 4.82. The van der Waals surface area contributed by atoms with Crippen molar-refractivity contribution in [1.82, 2.24) is 4.98 Å². The lowest BCUT2D eigenvalue weighted by molar-refractivity contribution is 0.195. The lowest BCUT2D eigenvalue weighted by atomic mass is 9.33. The number of benzene rings is 7. The van der Waals surface area contributed by atoms with Crippen molar-refractivity contribution >= 4 is 68.6 Å². The van der Waals surface area contributed by atoms with E-state index in [-0.39, 0.29) is 33.9 Å². The predicted molar refractivity (Wildman–Crippen MR) is 315 cm³/mol. The number of anilines is 8. The van der Waals surface area contributed by atoms with Gasteiger partial charge in [0.2, 0.25) is 0 Å². The van der Waals surface area contributed by atoms with Gasteiger partial charge in [0.15, 0.2) is 0 Å². The zero-order valence-electron chi connectivity index (χ0n) is 45.6. The molecule has 7 aromatic carbocycles. The van der Waals surface area contributed by atoms with E-state index in [0.717, 1.165) is 31.4 Å². The SMILES string of the molecule is Cc1cc2c3c(c1)N(c1ccc(C(C)(C)C)cc1-c1ccccc1)c1cc4c(cc1B3c1ccc(N3c5ccc(-c6ccccn6)cc5C5(C)CCCCC35C)cc1N2c1ccc(C(C)(C)C)cc1)CC(C)(C)C4. The molecule has 0 N–H and O–H groups in total. The highest BCUT2D eigenvalue weighted by atomic mass is 15.3. The van der Waals surface area contributed by atoms with Crippen molar-refractivity contribution in [3.05, 3.63) is 191 Å². The molecule has 0 bridgehead atoms. The summed E-state index contributed by atoms with van der Waals surface area (Å²) in [6.07, 6.45) is 8.82. The summed E-state index contributed by atoms with van der Waals surface area (Å²) in [7, 11) is 0. The van der Waals surface area contributed by atoms with E-state index in [1.165, 1.54) is 125 Å². The second-order valence-electron chi connectivity index (χ2n) is 26.0. The molecule has 3 aliphatic heterocycles. The van der Waals surface area contributed by atoms with Crippen LogP contribution in [0.5, 0.6) is 0 Å². The second kappa shape index (κ2) is 16.3. The summed E-state index contributed by atoms with van der Waals surface area (Å²) in [5, 5.41) is 0. The van der Waals surface area contributed by atoms with Gasteiger partial charge >= 0.3 is 0 Å². The molecule has 8 aromatic rings. The first-order valence-electron chi connectivity index (χ1n) is 27.5. The first kappa shape index (κ1) is 46.9. The number of aryl methyl sites for hydroxylation is 1. The van der Waals surface area contributed by atoms with Crippen LogP contribution in [-0.2, 0) is 29.1 Å². The average Bonchev–Trinajstić information content (AvgIpc) is 3.80. The third kappa shape index (κ3) is 7.11. The van der Waals surface area contributed by atoms with E-state index in [1.807, 2.05) is 12.3 Å². The standard InChI is InChI=1S/C69H71BN4/c1-44-35-62-64-63(36-44)73(58-31-25-50(66(5,6)7)40-53(58)45-19-13-12-14-20-45)60-39-48-43-67(8,9)42-47(48)38-56(60)70(64)55-29-28-52(41-61(55)72(62)51-26-23-49(24-27-51)65(2,3)4)74-59-30-22-46(57-21-15-18-34-71-57)37-54(59)68(10)32-16-17-33-69(68,74)11/h12-15,18-31,34-41H,16-17,32-33,42-43H2,1-11H3. The minimum Gasteiger partial charge on any atom is -0.334 e. The molecule has 1 aromatic heterocycles. The van der Waals surface area contributed by atoms with Gasteiger partial charge in [-0.05, 0) is 190 Å². The Morgan fingerprint density at radius 3 is 1.88 bits per heavy atom. The van der Waals surface area contributed by atoms with Crippen LogP contribution in [0, 0.1) is 12.3 Å². The Morgan fingerprint density at radius 1 is 0.514 bits per heavy atom. The minimum atomic E-state index is -0.121. The van der Waals surface area contributed by atoms with Gasteiger partial charge < -0.3 is 14.7 Å². The van der Waals surface area contributed by atoms with E-state index in [2.05, 4.69) is 236 Å². The van der Waals surface area contributed by atoms with Crippen molar-refractivity contribution in [2.75, 3.05) is 14.7 Å². The highest BCUT2D eigenvalue weighted by Gasteiger charge is 2.58. The summed E-state index contributed by atoms with van der Waals surface area (Å²) >= 11 is 0. The van der Waals surface area contributed by atoms with Crippen LogP contribution in [0.15, 0.2) is 158 Å². The van der Waals surface area contributed by atoms with E-state index >= 15 is 0 Å². The fourth-order valence-corrected chi connectivity index (χ4v) is 14.3. The molecule has 5 aliphatic rings. The van der Waals surface area contributed by atoms with Crippen LogP contribution >= 0.6 is 0 Å². The molecule has 1 fully saturated rings. The summed E-state index contributed by atoms with van der Waals surface area (Å²) < 4.78 is 0. The Morgan fingerprint density at radius 2 is 1.16 bits per heavy atom. The Hall–Kier alpha value is -6.85. The van der Waals surface area contributed by atoms with Crippen LogP contribution in [-0.4, -0.2) is 17.2 Å². The van der Waals surface area contributed by atoms with Gasteiger partial charge in [0, 0.05) is 62.6 Å². The highest BCUT2D eigenvalue weighted by Crippen LogP contribution is 2.62. The Bertz CT molecular complexity index is 3560. The lowest BCUT2D eigenvalue weighted by Gasteiger charge is -2.50. The number of pyridine rings is 1. The number of nitrogens with zero attached hydrogens (tertiary/aromatic N) is 4. The second-order valence-corrected chi connectivity index (χ2v) is 26.0. The molecule has 2 atom stereocenters. The van der Waals surface area contributed by atoms with Crippen molar-refractivity contribution < 1.29 is 0 Å². The Labute approximate surface area is 441 Å². The molecule has 370 valence electrons. The van der Waals surface area contributed by atoms with Gasteiger partial charge in [-0.15, -0.1) is 0 Å². The molecule has 13 rings (SSSR count). The largest absolute Gasteiger partial charge is 0.334 e. The summed E-state index contributed by atoms with van der Waals surface area (Å²) in [4.78, 5) is 12.9. The maximum atomic E-state index is 4.82. The fraction of sp³-hybridized carbons (Fsp3) is 0.319. The molecular weight excluding hydrogens is 896 g/mol. The molecule has 1 saturated carbocycles. The van der Waals surface area contributed by atoms with Gasteiger partial charge in [0.05, 0.1) is 16.9 Å². The van der Waals surface area contributed by atoms with Gasteiger partial charge in [-0.1, -0.05) is 148 Å². The third-order valence-corrected chi connectivity index (χ3v) is 18.4. The van der Waals surface area contributed by atoms with E-state index < -0.39 is 0 Å². The molecule has 5 heteroatoms. The van der Waals surface area contributed by atoms with E-state index in [0.29, 0.717) is 0 Å². The minimum absolute atomic E-state index is 0.0137. The third-order valence-electron chi connectivity index (χ3n) is 18.4. The summed E-state index contributed by atoms with van der Waals surface area (Å²) in [6, 6.07) is 59.2. The first-order valence-corrected chi connectivity index (χ1v) is 27.5. The number of hydrogen-bond acceptors (Lipinski definition) is 4. The molecule has 4 nitrogen and oxygen atoms in total. The van der Waals surface area contributed by atoms with Crippen LogP contribution < -0.4 is 31.1 Å². The average molecular weight is 967 g/mol. The monoisotopic (exact) mass is 967 g/mol. The van der Waals surface area contributed by atoms with Crippen molar-refractivity contribution in [2.45, 2.75) is 136 Å². The first-order chi connectivity index (χ1) is 35.3. The molecule has 0 saturated heterocycles. The molecule has 4 heterocycles. The Balaban J connectivity index is 1.08. The summed E-state index contributed by atoms with van der Waals surface area (Å²) in [5.41, 5.74) is 27.3. The number of aromatic nitrogens is 1. The topological polar surface area (TPSA) is 22.6 Å². The summed E-state index contributed by atoms with van der Waals surface area (Å²) in [5.74, 6) is 0. The normalized spacial score (nSPS) is 20.1. The molecule has 2 unspecified atom stereocenters. The van der Waals surface area contributed by atoms with Crippen LogP contribution in [0.3, 0.4) is 0 Å². The van der Waals surface area contributed by atoms with Crippen molar-refractivity contribution in [3.8, 4) is 22.4 Å². The van der Waals surface area contributed by atoms with Gasteiger partial charge in [-0.25, -0.2) is 0 Å². The molecule has 0 amide bonds. The lowest BCUT2D eigenvalue weighted by Crippen LogP contribution is -2.61. The van der Waals surface area contributed by atoms with Crippen LogP contribution in [0.25, 0.3) is 22.4 Å². The van der Waals surface area contributed by atoms with Crippen molar-refractivity contribution in [2.24, 2.45) is 5.41 Å². The predicted octanol–water partition coefficient (Wildman–Crippen LogP) is 16.3. The van der Waals surface area contributed by atoms with Gasteiger partial charge in [-0.2, -0.15) is 0 Å². The van der Waals surface area contributed by atoms with Crippen LogP contribution in [0.4, 0.5) is 45.5 Å². The van der Waals surface area contributed by atoms with Crippen molar-refractivity contribution in [1.29, 1.82) is 0 Å². The number of hydrogen-bond donors (Lipinski definition) is 0. The van der Waals surface area contributed by atoms with Crippen LogP contribution in [0.1, 0.15) is 128 Å². The van der Waals surface area contributed by atoms with Gasteiger partial charge in [0.1, 0.15) is 0 Å². The van der Waals surface area contributed by atoms with Gasteiger partial charge in [0.25, 0.3) is 6.71 Å². The zero-order chi connectivity index (χ0) is 51.3.